The molecule has 2 unspecified atom stereocenters. The molecule has 172 valence electrons. The molecule has 1 aliphatic heterocycles. The standard InChI is InChI=1S/C25H28N4O4/c1-15-11-18(7-8-23(15)30)22-13-21(27-25(32)28-22)17-5-4-6-20(12-17)33-16(2)24(31)26-19-9-10-29(3)14-19/h4-8,11-13,16,19,30H,9-10,14H2,1-3H3,(H,26,31)(H,27,28,32). The summed E-state index contributed by atoms with van der Waals surface area (Å²) in [5, 5.41) is 12.8. The van der Waals surface area contributed by atoms with Crippen LogP contribution in [0.15, 0.2) is 53.3 Å². The van der Waals surface area contributed by atoms with Gasteiger partial charge in [0.15, 0.2) is 6.10 Å². The van der Waals surface area contributed by atoms with Gasteiger partial charge in [-0.1, -0.05) is 12.1 Å². The van der Waals surface area contributed by atoms with Crippen molar-refractivity contribution in [1.82, 2.24) is 20.2 Å². The molecule has 1 aromatic heterocycles. The second-order valence-electron chi connectivity index (χ2n) is 8.53. The molecule has 8 nitrogen and oxygen atoms in total. The lowest BCUT2D eigenvalue weighted by molar-refractivity contribution is -0.127. The lowest BCUT2D eigenvalue weighted by Crippen LogP contribution is -2.43. The van der Waals surface area contributed by atoms with Crippen molar-refractivity contribution in [3.05, 3.63) is 64.6 Å². The van der Waals surface area contributed by atoms with Crippen molar-refractivity contribution in [2.75, 3.05) is 20.1 Å². The van der Waals surface area contributed by atoms with E-state index < -0.39 is 11.8 Å². The Hall–Kier alpha value is -3.65. The molecule has 1 saturated heterocycles. The first-order valence-electron chi connectivity index (χ1n) is 11.0. The minimum absolute atomic E-state index is 0.141. The first kappa shape index (κ1) is 22.5. The zero-order chi connectivity index (χ0) is 23.5. The molecule has 2 atom stereocenters. The Bertz CT molecular complexity index is 1220. The Balaban J connectivity index is 1.52. The highest BCUT2D eigenvalue weighted by Gasteiger charge is 2.24. The number of carbonyl (C=O) groups excluding carboxylic acids is 1. The fraction of sp³-hybridized carbons (Fsp3) is 0.320. The number of amides is 1. The molecule has 3 aromatic rings. The smallest absolute Gasteiger partial charge is 0.345 e. The van der Waals surface area contributed by atoms with Crippen LogP contribution in [0.4, 0.5) is 0 Å². The summed E-state index contributed by atoms with van der Waals surface area (Å²) in [5.74, 6) is 0.557. The Morgan fingerprint density at radius 3 is 2.79 bits per heavy atom. The number of aromatic amines is 1. The van der Waals surface area contributed by atoms with Crippen LogP contribution >= 0.6 is 0 Å². The average Bonchev–Trinajstić information content (AvgIpc) is 3.19. The molecule has 0 bridgehead atoms. The normalized spacial score (nSPS) is 17.0. The van der Waals surface area contributed by atoms with Crippen LogP contribution in [-0.2, 0) is 4.79 Å². The number of H-pyrrole nitrogens is 1. The summed E-state index contributed by atoms with van der Waals surface area (Å²) in [5.41, 5.74) is 2.76. The van der Waals surface area contributed by atoms with Crippen molar-refractivity contribution in [2.24, 2.45) is 0 Å². The second kappa shape index (κ2) is 9.46. The lowest BCUT2D eigenvalue weighted by Gasteiger charge is -2.18. The molecule has 2 aromatic carbocycles. The molecule has 0 spiro atoms. The number of phenols is 1. The van der Waals surface area contributed by atoms with Gasteiger partial charge in [-0.25, -0.2) is 4.79 Å². The maximum Gasteiger partial charge on any atom is 0.345 e. The van der Waals surface area contributed by atoms with Crippen molar-refractivity contribution >= 4 is 5.91 Å². The van der Waals surface area contributed by atoms with Crippen LogP contribution in [0.2, 0.25) is 0 Å². The maximum atomic E-state index is 12.5. The summed E-state index contributed by atoms with van der Waals surface area (Å²) in [6, 6.07) is 14.2. The highest BCUT2D eigenvalue weighted by atomic mass is 16.5. The molecule has 0 saturated carbocycles. The number of aryl methyl sites for hydroxylation is 1. The summed E-state index contributed by atoms with van der Waals surface area (Å²) in [4.78, 5) is 33.8. The second-order valence-corrected chi connectivity index (χ2v) is 8.53. The topological polar surface area (TPSA) is 108 Å². The predicted octanol–water partition coefficient (Wildman–Crippen LogP) is 2.71. The molecule has 3 N–H and O–H groups in total. The molecule has 33 heavy (non-hydrogen) atoms. The van der Waals surface area contributed by atoms with Crippen molar-refractivity contribution in [2.45, 2.75) is 32.4 Å². The summed E-state index contributed by atoms with van der Waals surface area (Å²) in [6.07, 6.45) is 0.274. The predicted molar refractivity (Wildman–Crippen MR) is 126 cm³/mol. The van der Waals surface area contributed by atoms with Crippen LogP contribution in [0.3, 0.4) is 0 Å². The number of aromatic hydroxyl groups is 1. The lowest BCUT2D eigenvalue weighted by atomic mass is 10.1. The van der Waals surface area contributed by atoms with Gasteiger partial charge >= 0.3 is 5.69 Å². The summed E-state index contributed by atoms with van der Waals surface area (Å²) in [6.45, 7) is 5.32. The van der Waals surface area contributed by atoms with E-state index in [1.54, 1.807) is 56.3 Å². The van der Waals surface area contributed by atoms with Crippen molar-refractivity contribution in [3.8, 4) is 34.0 Å². The summed E-state index contributed by atoms with van der Waals surface area (Å²) in [7, 11) is 2.04. The van der Waals surface area contributed by atoms with Crippen LogP contribution in [0.5, 0.6) is 11.5 Å². The Morgan fingerprint density at radius 2 is 2.06 bits per heavy atom. The number of carbonyl (C=O) groups is 1. The highest BCUT2D eigenvalue weighted by Crippen LogP contribution is 2.27. The van der Waals surface area contributed by atoms with Gasteiger partial charge in [0.05, 0.1) is 11.4 Å². The van der Waals surface area contributed by atoms with Gasteiger partial charge in [-0.05, 0) is 81.4 Å². The quantitative estimate of drug-likeness (QED) is 0.535. The van der Waals surface area contributed by atoms with E-state index in [4.69, 9.17) is 4.74 Å². The molecule has 8 heteroatoms. The number of hydrogen-bond acceptors (Lipinski definition) is 6. The van der Waals surface area contributed by atoms with Gasteiger partial charge in [0.1, 0.15) is 11.5 Å². The minimum Gasteiger partial charge on any atom is -0.508 e. The van der Waals surface area contributed by atoms with Crippen LogP contribution < -0.4 is 15.7 Å². The number of aromatic nitrogens is 2. The molecule has 0 radical (unpaired) electrons. The molecular formula is C25H28N4O4. The Labute approximate surface area is 192 Å². The third-order valence-electron chi connectivity index (χ3n) is 5.80. The van der Waals surface area contributed by atoms with Gasteiger partial charge in [0.2, 0.25) is 0 Å². The maximum absolute atomic E-state index is 12.5. The number of hydrogen-bond donors (Lipinski definition) is 3. The number of likely N-dealkylation sites (tertiary alicyclic amines) is 1. The number of benzene rings is 2. The molecule has 1 amide bonds. The molecule has 1 fully saturated rings. The van der Waals surface area contributed by atoms with Gasteiger partial charge < -0.3 is 25.0 Å². The van der Waals surface area contributed by atoms with Crippen molar-refractivity contribution < 1.29 is 14.6 Å². The Morgan fingerprint density at radius 1 is 1.24 bits per heavy atom. The van der Waals surface area contributed by atoms with Gasteiger partial charge in [-0.2, -0.15) is 4.98 Å². The van der Waals surface area contributed by atoms with Crippen molar-refractivity contribution in [3.63, 3.8) is 0 Å². The van der Waals surface area contributed by atoms with E-state index in [0.29, 0.717) is 28.3 Å². The number of phenolic OH excluding ortho intramolecular Hbond substituents is 1. The zero-order valence-corrected chi connectivity index (χ0v) is 19.0. The molecule has 2 heterocycles. The van der Waals surface area contributed by atoms with Crippen LogP contribution in [0.25, 0.3) is 22.5 Å². The van der Waals surface area contributed by atoms with E-state index in [9.17, 15) is 14.7 Å². The van der Waals surface area contributed by atoms with E-state index in [1.165, 1.54) is 0 Å². The van der Waals surface area contributed by atoms with Gasteiger partial charge in [0, 0.05) is 18.2 Å². The SMILES string of the molecule is Cc1cc(-c2cc(-c3cccc(OC(C)C(=O)NC4CCN(C)C4)c3)nc(=O)[nH]2)ccc1O. The van der Waals surface area contributed by atoms with E-state index >= 15 is 0 Å². The highest BCUT2D eigenvalue weighted by molar-refractivity contribution is 5.81. The van der Waals surface area contributed by atoms with Crippen molar-refractivity contribution in [1.29, 1.82) is 0 Å². The monoisotopic (exact) mass is 448 g/mol. The fourth-order valence-electron chi connectivity index (χ4n) is 3.94. The van der Waals surface area contributed by atoms with Crippen LogP contribution in [-0.4, -0.2) is 58.2 Å². The van der Waals surface area contributed by atoms with E-state index in [1.807, 2.05) is 13.1 Å². The molecule has 1 aliphatic rings. The number of likely N-dealkylation sites (N-methyl/N-ethyl adjacent to an activating group) is 1. The third kappa shape index (κ3) is 5.40. The van der Waals surface area contributed by atoms with E-state index in [-0.39, 0.29) is 17.7 Å². The van der Waals surface area contributed by atoms with Gasteiger partial charge in [0.25, 0.3) is 5.91 Å². The van der Waals surface area contributed by atoms with Gasteiger partial charge in [-0.3, -0.25) is 4.79 Å². The van der Waals surface area contributed by atoms with E-state index in [0.717, 1.165) is 25.1 Å². The Kier molecular flexibility index (Phi) is 6.46. The number of rotatable bonds is 6. The van der Waals surface area contributed by atoms with Gasteiger partial charge in [-0.15, -0.1) is 0 Å². The first-order valence-corrected chi connectivity index (χ1v) is 11.0. The fourth-order valence-corrected chi connectivity index (χ4v) is 3.94. The third-order valence-corrected chi connectivity index (χ3v) is 5.80. The zero-order valence-electron chi connectivity index (χ0n) is 19.0. The first-order chi connectivity index (χ1) is 15.8. The number of nitrogens with zero attached hydrogens (tertiary/aromatic N) is 2. The number of nitrogens with one attached hydrogen (secondary N) is 2. The molecular weight excluding hydrogens is 420 g/mol. The number of ether oxygens (including phenoxy) is 1. The van der Waals surface area contributed by atoms with Crippen LogP contribution in [0, 0.1) is 6.92 Å². The van der Waals surface area contributed by atoms with Crippen LogP contribution in [0.1, 0.15) is 18.9 Å². The summed E-state index contributed by atoms with van der Waals surface area (Å²) < 4.78 is 5.88. The average molecular weight is 449 g/mol. The minimum atomic E-state index is -0.658. The summed E-state index contributed by atoms with van der Waals surface area (Å²) >= 11 is 0. The molecule has 4 rings (SSSR count). The van der Waals surface area contributed by atoms with E-state index in [2.05, 4.69) is 20.2 Å². The largest absolute Gasteiger partial charge is 0.508 e. The molecule has 0 aliphatic carbocycles.